The lowest BCUT2D eigenvalue weighted by Crippen LogP contribution is -2.10. The maximum atomic E-state index is 11.7. The molecule has 196 valence electrons. The molecule has 0 spiro atoms. The Balaban J connectivity index is 1.57. The van der Waals surface area contributed by atoms with Crippen molar-refractivity contribution in [3.63, 3.8) is 0 Å². The number of hydrogen-bond acceptors (Lipinski definition) is 9. The Hall–Kier alpha value is -4.08. The van der Waals surface area contributed by atoms with Crippen molar-refractivity contribution in [3.8, 4) is 17.5 Å². The maximum absolute atomic E-state index is 11.7. The number of carbonyl (C=O) groups is 1. The summed E-state index contributed by atoms with van der Waals surface area (Å²) >= 11 is 0. The van der Waals surface area contributed by atoms with E-state index in [-0.39, 0.29) is 17.5 Å². The van der Waals surface area contributed by atoms with Crippen LogP contribution in [-0.4, -0.2) is 45.8 Å². The molecule has 3 N–H and O–H groups in total. The van der Waals surface area contributed by atoms with E-state index in [0.29, 0.717) is 43.8 Å². The predicted molar refractivity (Wildman–Crippen MR) is 140 cm³/mol. The number of hydrogen-bond donors (Lipinski definition) is 3. The molecule has 5 rings (SSSR count). The minimum atomic E-state index is -1.04. The van der Waals surface area contributed by atoms with E-state index in [1.807, 2.05) is 31.2 Å². The molecule has 2 aliphatic rings. The first-order valence-corrected chi connectivity index (χ1v) is 12.7. The van der Waals surface area contributed by atoms with Crippen molar-refractivity contribution in [1.29, 1.82) is 0 Å². The summed E-state index contributed by atoms with van der Waals surface area (Å²) in [5, 5.41) is 15.9. The highest BCUT2D eigenvalue weighted by atomic mass is 16.5. The van der Waals surface area contributed by atoms with Gasteiger partial charge in [-0.05, 0) is 49.6 Å². The second kappa shape index (κ2) is 13.3. The second-order valence-corrected chi connectivity index (χ2v) is 8.66. The number of aromatic carboxylic acids is 1. The molecule has 37 heavy (non-hydrogen) atoms. The lowest BCUT2D eigenvalue weighted by atomic mass is 10.1. The first kappa shape index (κ1) is 26.0. The van der Waals surface area contributed by atoms with Crippen molar-refractivity contribution in [1.82, 2.24) is 15.0 Å². The summed E-state index contributed by atoms with van der Waals surface area (Å²) in [7, 11) is 0. The van der Waals surface area contributed by atoms with E-state index in [2.05, 4.69) is 25.6 Å². The van der Waals surface area contributed by atoms with Gasteiger partial charge in [0.05, 0.1) is 19.8 Å². The van der Waals surface area contributed by atoms with Gasteiger partial charge >= 0.3 is 12.0 Å². The number of benzene rings is 2. The minimum Gasteiger partial charge on any atom is -0.494 e. The van der Waals surface area contributed by atoms with Gasteiger partial charge in [0.25, 0.3) is 0 Å². The molecule has 3 aromatic rings. The molecule has 10 nitrogen and oxygen atoms in total. The SMILES string of the molecule is CCOc1nc2nc(n1)Nc1ccc(C(=O)O)c(c1)OCCCCCCCCOc1ccc(cc1)CN2. The Morgan fingerprint density at radius 2 is 1.62 bits per heavy atom. The molecule has 3 heterocycles. The maximum Gasteiger partial charge on any atom is 0.339 e. The predicted octanol–water partition coefficient (Wildman–Crippen LogP) is 5.44. The van der Waals surface area contributed by atoms with Gasteiger partial charge in [0.15, 0.2) is 0 Å². The van der Waals surface area contributed by atoms with Crippen LogP contribution in [0.4, 0.5) is 17.6 Å². The lowest BCUT2D eigenvalue weighted by molar-refractivity contribution is 0.0692. The van der Waals surface area contributed by atoms with Crippen LogP contribution in [-0.2, 0) is 6.54 Å². The Kier molecular flexibility index (Phi) is 9.34. The largest absolute Gasteiger partial charge is 0.494 e. The van der Waals surface area contributed by atoms with Gasteiger partial charge in [-0.2, -0.15) is 15.0 Å². The van der Waals surface area contributed by atoms with E-state index >= 15 is 0 Å². The molecule has 6 bridgehead atoms. The van der Waals surface area contributed by atoms with E-state index in [1.54, 1.807) is 12.1 Å². The van der Waals surface area contributed by atoms with Gasteiger partial charge in [-0.3, -0.25) is 0 Å². The van der Waals surface area contributed by atoms with Gasteiger partial charge in [-0.15, -0.1) is 0 Å². The molecule has 2 aliphatic heterocycles. The average molecular weight is 508 g/mol. The highest BCUT2D eigenvalue weighted by Gasteiger charge is 2.14. The summed E-state index contributed by atoms with van der Waals surface area (Å²) in [6.07, 6.45) is 6.21. The Morgan fingerprint density at radius 3 is 2.35 bits per heavy atom. The number of fused-ring (bicyclic) bond motifs is 12. The standard InChI is InChI=1S/C27H33N5O5/c1-2-35-27-31-25-28-18-19-9-12-21(13-10-19)36-15-7-5-3-4-6-8-16-37-23-17-20(29-26(30-25)32-27)11-14-22(23)24(33)34/h9-14,17H,2-8,15-16,18H2,1H3,(H,33,34)(H2,28,29,30,31,32). The zero-order valence-corrected chi connectivity index (χ0v) is 21.0. The molecule has 0 aliphatic carbocycles. The second-order valence-electron chi connectivity index (χ2n) is 8.66. The Bertz CT molecular complexity index is 1170. The fourth-order valence-electron chi connectivity index (χ4n) is 3.88. The molecule has 0 amide bonds. The first-order valence-electron chi connectivity index (χ1n) is 12.7. The van der Waals surface area contributed by atoms with E-state index in [1.165, 1.54) is 6.07 Å². The number of anilines is 3. The van der Waals surface area contributed by atoms with Crippen LogP contribution < -0.4 is 24.8 Å². The smallest absolute Gasteiger partial charge is 0.339 e. The number of carboxylic acids is 1. The molecule has 0 atom stereocenters. The minimum absolute atomic E-state index is 0.106. The van der Waals surface area contributed by atoms with Crippen molar-refractivity contribution in [2.24, 2.45) is 0 Å². The van der Waals surface area contributed by atoms with Crippen LogP contribution >= 0.6 is 0 Å². The monoisotopic (exact) mass is 507 g/mol. The van der Waals surface area contributed by atoms with E-state index in [0.717, 1.165) is 49.8 Å². The molecule has 0 saturated carbocycles. The highest BCUT2D eigenvalue weighted by Crippen LogP contribution is 2.26. The molecule has 2 aromatic carbocycles. The topological polar surface area (TPSA) is 128 Å². The van der Waals surface area contributed by atoms with Crippen LogP contribution in [0, 0.1) is 0 Å². The van der Waals surface area contributed by atoms with Crippen LogP contribution in [0.1, 0.15) is 61.4 Å². The molecular weight excluding hydrogens is 474 g/mol. The quantitative estimate of drug-likeness (QED) is 0.422. The molecule has 0 saturated heterocycles. The van der Waals surface area contributed by atoms with Gasteiger partial charge in [0, 0.05) is 18.3 Å². The molecule has 0 radical (unpaired) electrons. The lowest BCUT2D eigenvalue weighted by Gasteiger charge is -2.13. The number of ether oxygens (including phenoxy) is 3. The zero-order valence-electron chi connectivity index (χ0n) is 21.0. The number of nitrogens with one attached hydrogen (secondary N) is 2. The number of carboxylic acid groups (broad SMARTS) is 1. The van der Waals surface area contributed by atoms with E-state index in [9.17, 15) is 9.90 Å². The fourth-order valence-corrected chi connectivity index (χ4v) is 3.88. The number of nitrogens with zero attached hydrogens (tertiary/aromatic N) is 3. The summed E-state index contributed by atoms with van der Waals surface area (Å²) in [6.45, 7) is 3.88. The summed E-state index contributed by atoms with van der Waals surface area (Å²) in [5.74, 6) is 0.718. The summed E-state index contributed by atoms with van der Waals surface area (Å²) < 4.78 is 17.3. The van der Waals surface area contributed by atoms with Gasteiger partial charge in [-0.1, -0.05) is 37.8 Å². The van der Waals surface area contributed by atoms with Crippen LogP contribution in [0.2, 0.25) is 0 Å². The van der Waals surface area contributed by atoms with Crippen molar-refractivity contribution in [2.45, 2.75) is 52.0 Å². The van der Waals surface area contributed by atoms with Crippen molar-refractivity contribution in [2.75, 3.05) is 30.5 Å². The summed E-state index contributed by atoms with van der Waals surface area (Å²) in [5.41, 5.74) is 1.74. The van der Waals surface area contributed by atoms with Crippen LogP contribution in [0.15, 0.2) is 42.5 Å². The third-order valence-electron chi connectivity index (χ3n) is 5.80. The molecule has 0 fully saturated rings. The first-order chi connectivity index (χ1) is 18.1. The van der Waals surface area contributed by atoms with Crippen LogP contribution in [0.25, 0.3) is 0 Å². The normalized spacial score (nSPS) is 14.8. The van der Waals surface area contributed by atoms with Crippen LogP contribution in [0.3, 0.4) is 0 Å². The summed E-state index contributed by atoms with van der Waals surface area (Å²) in [6, 6.07) is 12.9. The van der Waals surface area contributed by atoms with Crippen molar-refractivity contribution in [3.05, 3.63) is 53.6 Å². The molecular formula is C27H33N5O5. The van der Waals surface area contributed by atoms with Gasteiger partial charge in [-0.25, -0.2) is 4.79 Å². The van der Waals surface area contributed by atoms with Crippen molar-refractivity contribution < 1.29 is 24.1 Å². The molecule has 0 unspecified atom stereocenters. The molecule has 10 heteroatoms. The Morgan fingerprint density at radius 1 is 0.919 bits per heavy atom. The average Bonchev–Trinajstić information content (AvgIpc) is 2.89. The fraction of sp³-hybridized carbons (Fsp3) is 0.407. The number of rotatable bonds is 3. The molecule has 1 aromatic heterocycles. The number of aromatic nitrogens is 3. The Labute approximate surface area is 216 Å². The van der Waals surface area contributed by atoms with Crippen molar-refractivity contribution >= 4 is 23.6 Å². The third-order valence-corrected chi connectivity index (χ3v) is 5.80. The van der Waals surface area contributed by atoms with Crippen LogP contribution in [0.5, 0.6) is 17.5 Å². The van der Waals surface area contributed by atoms with Gasteiger partial charge < -0.3 is 30.0 Å². The highest BCUT2D eigenvalue weighted by molar-refractivity contribution is 5.91. The van der Waals surface area contributed by atoms with Gasteiger partial charge in [0.1, 0.15) is 17.1 Å². The van der Waals surface area contributed by atoms with E-state index in [4.69, 9.17) is 14.2 Å². The van der Waals surface area contributed by atoms with E-state index < -0.39 is 5.97 Å². The zero-order chi connectivity index (χ0) is 25.9. The van der Waals surface area contributed by atoms with Gasteiger partial charge in [0.2, 0.25) is 11.9 Å². The third kappa shape index (κ3) is 7.96. The summed E-state index contributed by atoms with van der Waals surface area (Å²) in [4.78, 5) is 24.8.